The molecule has 0 spiro atoms. The fourth-order valence-electron chi connectivity index (χ4n) is 1.72. The Labute approximate surface area is 114 Å². The van der Waals surface area contributed by atoms with Crippen LogP contribution in [0.5, 0.6) is 0 Å². The summed E-state index contributed by atoms with van der Waals surface area (Å²) in [6, 6.07) is 5.14. The van der Waals surface area contributed by atoms with E-state index in [1.54, 1.807) is 0 Å². The summed E-state index contributed by atoms with van der Waals surface area (Å²) in [5.74, 6) is -3.58. The lowest BCUT2D eigenvalue weighted by Gasteiger charge is -2.05. The third-order valence-electron chi connectivity index (χ3n) is 2.59. The van der Waals surface area contributed by atoms with E-state index in [1.807, 2.05) is 0 Å². The number of aromatic nitrogens is 1. The fraction of sp³-hybridized carbons (Fsp3) is 0. The topological polar surface area (TPSA) is 24.9 Å². The summed E-state index contributed by atoms with van der Waals surface area (Å²) in [5.41, 5.74) is -0.119. The van der Waals surface area contributed by atoms with Crippen molar-refractivity contribution in [3.05, 3.63) is 53.6 Å². The molecule has 2 nitrogen and oxygen atoms in total. The molecule has 7 heteroatoms. The molecule has 0 saturated carbocycles. The van der Waals surface area contributed by atoms with Crippen LogP contribution in [-0.4, -0.2) is 4.98 Å². The standard InChI is InChI=1S/C13H6F4N2S/c14-6-1-2-11-10(5-6)18-13(20-11)19-12-8(16)3-7(15)4-9(12)17/h1-5H,(H,18,19). The molecule has 0 saturated heterocycles. The van der Waals surface area contributed by atoms with Crippen LogP contribution in [0.25, 0.3) is 10.2 Å². The highest BCUT2D eigenvalue weighted by atomic mass is 32.1. The second-order valence-corrected chi connectivity index (χ2v) is 5.03. The van der Waals surface area contributed by atoms with Gasteiger partial charge in [0.15, 0.2) is 16.8 Å². The minimum atomic E-state index is -1.06. The molecule has 0 atom stereocenters. The molecule has 0 amide bonds. The summed E-state index contributed by atoms with van der Waals surface area (Å²) in [7, 11) is 0. The van der Waals surface area contributed by atoms with Gasteiger partial charge in [0, 0.05) is 18.2 Å². The SMILES string of the molecule is Fc1cc(F)c(Nc2nc3cc(F)ccc3s2)c(F)c1. The van der Waals surface area contributed by atoms with E-state index in [2.05, 4.69) is 10.3 Å². The minimum absolute atomic E-state index is 0.190. The van der Waals surface area contributed by atoms with Crippen molar-refractivity contribution in [3.63, 3.8) is 0 Å². The average Bonchev–Trinajstić information content (AvgIpc) is 2.75. The minimum Gasteiger partial charge on any atom is -0.327 e. The number of hydrogen-bond donors (Lipinski definition) is 1. The molecule has 0 radical (unpaired) electrons. The van der Waals surface area contributed by atoms with Crippen LogP contribution in [0.3, 0.4) is 0 Å². The second kappa shape index (κ2) is 4.75. The molecule has 1 heterocycles. The Kier molecular flexibility index (Phi) is 3.06. The normalized spacial score (nSPS) is 11.0. The highest BCUT2D eigenvalue weighted by Crippen LogP contribution is 2.30. The molecule has 102 valence electrons. The number of halogens is 4. The van der Waals surface area contributed by atoms with Crippen molar-refractivity contribution in [3.8, 4) is 0 Å². The van der Waals surface area contributed by atoms with Crippen molar-refractivity contribution in [2.24, 2.45) is 0 Å². The quantitative estimate of drug-likeness (QED) is 0.700. The van der Waals surface area contributed by atoms with Gasteiger partial charge in [-0.25, -0.2) is 22.5 Å². The zero-order valence-corrected chi connectivity index (χ0v) is 10.6. The second-order valence-electron chi connectivity index (χ2n) is 4.00. The molecule has 1 aromatic heterocycles. The summed E-state index contributed by atoms with van der Waals surface area (Å²) in [5, 5.41) is 2.63. The van der Waals surface area contributed by atoms with Crippen molar-refractivity contribution in [1.29, 1.82) is 0 Å². The first-order valence-corrected chi connectivity index (χ1v) is 6.32. The van der Waals surface area contributed by atoms with Crippen LogP contribution in [0.4, 0.5) is 28.4 Å². The number of anilines is 2. The molecule has 0 bridgehead atoms. The molecule has 3 rings (SSSR count). The van der Waals surface area contributed by atoms with Crippen molar-refractivity contribution in [2.75, 3.05) is 5.32 Å². The third kappa shape index (κ3) is 2.32. The molecular formula is C13H6F4N2S. The van der Waals surface area contributed by atoms with Gasteiger partial charge in [0.1, 0.15) is 17.3 Å². The number of nitrogens with one attached hydrogen (secondary N) is 1. The van der Waals surface area contributed by atoms with Gasteiger partial charge >= 0.3 is 0 Å². The van der Waals surface area contributed by atoms with Crippen molar-refractivity contribution in [1.82, 2.24) is 4.98 Å². The molecule has 0 aliphatic carbocycles. The van der Waals surface area contributed by atoms with Crippen LogP contribution in [0, 0.1) is 23.3 Å². The Morgan fingerprint density at radius 3 is 2.30 bits per heavy atom. The summed E-state index contributed by atoms with van der Waals surface area (Å²) in [6.07, 6.45) is 0. The number of benzene rings is 2. The number of nitrogens with zero attached hydrogens (tertiary/aromatic N) is 1. The van der Waals surface area contributed by atoms with Gasteiger partial charge in [-0.3, -0.25) is 0 Å². The van der Waals surface area contributed by atoms with Gasteiger partial charge in [0.25, 0.3) is 0 Å². The Morgan fingerprint density at radius 2 is 1.60 bits per heavy atom. The van der Waals surface area contributed by atoms with Crippen LogP contribution < -0.4 is 5.32 Å². The predicted molar refractivity (Wildman–Crippen MR) is 69.2 cm³/mol. The Hall–Kier alpha value is -2.15. The predicted octanol–water partition coefficient (Wildman–Crippen LogP) is 4.60. The first-order chi connectivity index (χ1) is 9.52. The van der Waals surface area contributed by atoms with Gasteiger partial charge in [-0.1, -0.05) is 11.3 Å². The zero-order chi connectivity index (χ0) is 14.3. The summed E-state index contributed by atoms with van der Waals surface area (Å²) in [6.45, 7) is 0. The van der Waals surface area contributed by atoms with Crippen molar-refractivity contribution < 1.29 is 17.6 Å². The highest BCUT2D eigenvalue weighted by Gasteiger charge is 2.13. The lowest BCUT2D eigenvalue weighted by molar-refractivity contribution is 0.549. The molecule has 3 aromatic rings. The van der Waals surface area contributed by atoms with E-state index in [4.69, 9.17) is 0 Å². The van der Waals surface area contributed by atoms with Crippen molar-refractivity contribution >= 4 is 32.4 Å². The molecular weight excluding hydrogens is 292 g/mol. The van der Waals surface area contributed by atoms with Crippen molar-refractivity contribution in [2.45, 2.75) is 0 Å². The molecule has 1 N–H and O–H groups in total. The molecule has 0 aliphatic heterocycles. The van der Waals surface area contributed by atoms with Gasteiger partial charge in [0.2, 0.25) is 0 Å². The first kappa shape index (κ1) is 12.9. The van der Waals surface area contributed by atoms with E-state index < -0.39 is 29.0 Å². The van der Waals surface area contributed by atoms with Gasteiger partial charge < -0.3 is 5.32 Å². The van der Waals surface area contributed by atoms with Crippen LogP contribution in [0.2, 0.25) is 0 Å². The van der Waals surface area contributed by atoms with Crippen LogP contribution in [-0.2, 0) is 0 Å². The number of thiazole rings is 1. The maximum Gasteiger partial charge on any atom is 0.188 e. The van der Waals surface area contributed by atoms with E-state index in [0.29, 0.717) is 22.3 Å². The largest absolute Gasteiger partial charge is 0.327 e. The monoisotopic (exact) mass is 298 g/mol. The molecule has 0 aliphatic rings. The molecule has 0 fully saturated rings. The van der Waals surface area contributed by atoms with Gasteiger partial charge in [-0.2, -0.15) is 0 Å². The van der Waals surface area contributed by atoms with E-state index in [1.165, 1.54) is 18.2 Å². The maximum absolute atomic E-state index is 13.5. The third-order valence-corrected chi connectivity index (χ3v) is 3.54. The zero-order valence-electron chi connectivity index (χ0n) is 9.75. The molecule has 0 unspecified atom stereocenters. The van der Waals surface area contributed by atoms with Gasteiger partial charge in [0.05, 0.1) is 10.2 Å². The summed E-state index contributed by atoms with van der Waals surface area (Å²) < 4.78 is 53.5. The Balaban J connectivity index is 2.01. The van der Waals surface area contributed by atoms with E-state index in [9.17, 15) is 17.6 Å². The number of hydrogen-bond acceptors (Lipinski definition) is 3. The summed E-state index contributed by atoms with van der Waals surface area (Å²) >= 11 is 1.11. The van der Waals surface area contributed by atoms with Gasteiger partial charge in [-0.05, 0) is 12.1 Å². The van der Waals surface area contributed by atoms with E-state index in [0.717, 1.165) is 11.3 Å². The Bertz CT molecular complexity index is 777. The number of rotatable bonds is 2. The van der Waals surface area contributed by atoms with Crippen LogP contribution in [0.1, 0.15) is 0 Å². The number of fused-ring (bicyclic) bond motifs is 1. The first-order valence-electron chi connectivity index (χ1n) is 5.50. The van der Waals surface area contributed by atoms with E-state index in [-0.39, 0.29) is 5.13 Å². The average molecular weight is 298 g/mol. The fourth-order valence-corrected chi connectivity index (χ4v) is 2.57. The lowest BCUT2D eigenvalue weighted by atomic mass is 10.3. The smallest absolute Gasteiger partial charge is 0.188 e. The highest BCUT2D eigenvalue weighted by molar-refractivity contribution is 7.22. The Morgan fingerprint density at radius 1 is 0.900 bits per heavy atom. The van der Waals surface area contributed by atoms with E-state index >= 15 is 0 Å². The molecule has 2 aromatic carbocycles. The maximum atomic E-state index is 13.5. The van der Waals surface area contributed by atoms with Crippen LogP contribution in [0.15, 0.2) is 30.3 Å². The molecule has 20 heavy (non-hydrogen) atoms. The summed E-state index contributed by atoms with van der Waals surface area (Å²) in [4.78, 5) is 4.01. The lowest BCUT2D eigenvalue weighted by Crippen LogP contribution is -1.98. The van der Waals surface area contributed by atoms with Gasteiger partial charge in [-0.15, -0.1) is 0 Å². The van der Waals surface area contributed by atoms with Crippen LogP contribution >= 0.6 is 11.3 Å².